The van der Waals surface area contributed by atoms with E-state index in [9.17, 15) is 9.59 Å². The predicted molar refractivity (Wildman–Crippen MR) is 103 cm³/mol. The molecule has 0 spiro atoms. The molecular weight excluding hydrogens is 346 g/mol. The van der Waals surface area contributed by atoms with Gasteiger partial charge in [0.05, 0.1) is 30.4 Å². The third-order valence-corrected chi connectivity index (χ3v) is 3.87. The Hall–Kier alpha value is -3.35. The summed E-state index contributed by atoms with van der Waals surface area (Å²) in [7, 11) is 0. The minimum atomic E-state index is -0.333. The van der Waals surface area contributed by atoms with E-state index in [1.54, 1.807) is 36.4 Å². The van der Waals surface area contributed by atoms with Gasteiger partial charge in [-0.1, -0.05) is 12.1 Å². The van der Waals surface area contributed by atoms with E-state index in [2.05, 4.69) is 10.3 Å². The molecule has 27 heavy (non-hydrogen) atoms. The Morgan fingerprint density at radius 1 is 1.07 bits per heavy atom. The molecule has 3 rings (SSSR count). The quantitative estimate of drug-likeness (QED) is 0.694. The van der Waals surface area contributed by atoms with Crippen LogP contribution in [-0.2, 0) is 11.3 Å². The van der Waals surface area contributed by atoms with Gasteiger partial charge in [-0.05, 0) is 38.1 Å². The second-order valence-electron chi connectivity index (χ2n) is 5.77. The molecule has 0 radical (unpaired) electrons. The van der Waals surface area contributed by atoms with Crippen LogP contribution < -0.4 is 20.3 Å². The van der Waals surface area contributed by atoms with Crippen molar-refractivity contribution in [1.29, 1.82) is 0 Å². The molecule has 1 heterocycles. The number of aromatic nitrogens is 2. The summed E-state index contributed by atoms with van der Waals surface area (Å²) in [5.74, 6) is 0.842. The van der Waals surface area contributed by atoms with Crippen LogP contribution in [0, 0.1) is 0 Å². The number of ether oxygens (including phenoxy) is 2. The molecule has 140 valence electrons. The maximum atomic E-state index is 12.5. The largest absolute Gasteiger partial charge is 0.490 e. The second kappa shape index (κ2) is 8.35. The zero-order chi connectivity index (χ0) is 19.2. The third-order valence-electron chi connectivity index (χ3n) is 3.87. The summed E-state index contributed by atoms with van der Waals surface area (Å²) in [6, 6.07) is 12.2. The lowest BCUT2D eigenvalue weighted by molar-refractivity contribution is -0.116. The number of para-hydroxylation sites is 1. The minimum absolute atomic E-state index is 0.131. The van der Waals surface area contributed by atoms with Crippen molar-refractivity contribution in [3.05, 3.63) is 59.1 Å². The average Bonchev–Trinajstić information content (AvgIpc) is 2.67. The van der Waals surface area contributed by atoms with Gasteiger partial charge in [0.2, 0.25) is 5.91 Å². The molecule has 0 saturated heterocycles. The van der Waals surface area contributed by atoms with E-state index in [1.807, 2.05) is 19.9 Å². The van der Waals surface area contributed by atoms with Gasteiger partial charge in [-0.3, -0.25) is 14.2 Å². The minimum Gasteiger partial charge on any atom is -0.490 e. The maximum absolute atomic E-state index is 12.5. The normalized spacial score (nSPS) is 10.6. The van der Waals surface area contributed by atoms with Crippen LogP contribution in [0.15, 0.2) is 53.6 Å². The smallest absolute Gasteiger partial charge is 0.261 e. The maximum Gasteiger partial charge on any atom is 0.261 e. The van der Waals surface area contributed by atoms with Crippen LogP contribution >= 0.6 is 0 Å². The molecule has 0 aliphatic heterocycles. The highest BCUT2D eigenvalue weighted by molar-refractivity contribution is 5.91. The predicted octanol–water partition coefficient (Wildman–Crippen LogP) is 2.83. The first-order chi connectivity index (χ1) is 13.1. The Morgan fingerprint density at radius 2 is 1.81 bits per heavy atom. The molecule has 1 N–H and O–H groups in total. The molecule has 7 nitrogen and oxygen atoms in total. The Bertz CT molecular complexity index is 1010. The summed E-state index contributed by atoms with van der Waals surface area (Å²) >= 11 is 0. The highest BCUT2D eigenvalue weighted by Gasteiger charge is 2.11. The van der Waals surface area contributed by atoms with E-state index in [4.69, 9.17) is 9.47 Å². The van der Waals surface area contributed by atoms with Crippen LogP contribution in [0.4, 0.5) is 5.69 Å². The molecule has 1 amide bonds. The zero-order valence-corrected chi connectivity index (χ0v) is 15.3. The van der Waals surface area contributed by atoms with Crippen molar-refractivity contribution in [2.45, 2.75) is 20.4 Å². The van der Waals surface area contributed by atoms with Crippen molar-refractivity contribution in [1.82, 2.24) is 9.55 Å². The Labute approximate surface area is 156 Å². The molecule has 0 unspecified atom stereocenters. The number of hydrogen-bond acceptors (Lipinski definition) is 5. The van der Waals surface area contributed by atoms with E-state index in [-0.39, 0.29) is 18.0 Å². The number of hydrogen-bond donors (Lipinski definition) is 1. The first kappa shape index (κ1) is 18.4. The molecule has 0 fully saturated rings. The molecule has 3 aromatic rings. The fourth-order valence-corrected chi connectivity index (χ4v) is 2.70. The van der Waals surface area contributed by atoms with E-state index in [0.29, 0.717) is 41.3 Å². The summed E-state index contributed by atoms with van der Waals surface area (Å²) < 4.78 is 12.4. The number of carbonyl (C=O) groups is 1. The number of benzene rings is 2. The van der Waals surface area contributed by atoms with Crippen molar-refractivity contribution in [3.63, 3.8) is 0 Å². The molecule has 0 aliphatic rings. The highest BCUT2D eigenvalue weighted by atomic mass is 16.5. The number of carbonyl (C=O) groups excluding carboxylic acids is 1. The van der Waals surface area contributed by atoms with Gasteiger partial charge in [-0.25, -0.2) is 4.98 Å². The molecule has 1 aromatic heterocycles. The first-order valence-corrected chi connectivity index (χ1v) is 8.76. The topological polar surface area (TPSA) is 82.5 Å². The first-order valence-electron chi connectivity index (χ1n) is 8.76. The molecule has 7 heteroatoms. The van der Waals surface area contributed by atoms with Gasteiger partial charge in [0.1, 0.15) is 6.54 Å². The number of amides is 1. The molecule has 0 bridgehead atoms. The molecule has 0 saturated carbocycles. The number of nitrogens with zero attached hydrogens (tertiary/aromatic N) is 2. The number of rotatable bonds is 7. The van der Waals surface area contributed by atoms with Crippen LogP contribution in [0.1, 0.15) is 13.8 Å². The van der Waals surface area contributed by atoms with Crippen molar-refractivity contribution >= 4 is 22.5 Å². The second-order valence-corrected chi connectivity index (χ2v) is 5.77. The van der Waals surface area contributed by atoms with Gasteiger partial charge < -0.3 is 14.8 Å². The van der Waals surface area contributed by atoms with Crippen molar-refractivity contribution < 1.29 is 14.3 Å². The lowest BCUT2D eigenvalue weighted by atomic mass is 10.2. The van der Waals surface area contributed by atoms with Gasteiger partial charge in [0, 0.05) is 11.8 Å². The van der Waals surface area contributed by atoms with Crippen molar-refractivity contribution in [3.8, 4) is 11.5 Å². The molecule has 2 aromatic carbocycles. The van der Waals surface area contributed by atoms with E-state index >= 15 is 0 Å². The molecular formula is C20H21N3O4. The summed E-state index contributed by atoms with van der Waals surface area (Å²) in [6.45, 7) is 4.63. The van der Waals surface area contributed by atoms with Gasteiger partial charge in [-0.2, -0.15) is 0 Å². The summed E-state index contributed by atoms with van der Waals surface area (Å²) in [6.07, 6.45) is 1.38. The van der Waals surface area contributed by atoms with Gasteiger partial charge in [0.15, 0.2) is 11.5 Å². The Balaban J connectivity index is 1.77. The van der Waals surface area contributed by atoms with E-state index in [0.717, 1.165) is 0 Å². The third kappa shape index (κ3) is 4.25. The van der Waals surface area contributed by atoms with Crippen molar-refractivity contribution in [2.24, 2.45) is 0 Å². The van der Waals surface area contributed by atoms with E-state index < -0.39 is 0 Å². The lowest BCUT2D eigenvalue weighted by Crippen LogP contribution is -2.27. The zero-order valence-electron chi connectivity index (χ0n) is 15.3. The van der Waals surface area contributed by atoms with Crippen LogP contribution in [0.5, 0.6) is 11.5 Å². The van der Waals surface area contributed by atoms with Gasteiger partial charge >= 0.3 is 0 Å². The highest BCUT2D eigenvalue weighted by Crippen LogP contribution is 2.30. The summed E-state index contributed by atoms with van der Waals surface area (Å²) in [4.78, 5) is 29.1. The van der Waals surface area contributed by atoms with Crippen LogP contribution in [0.2, 0.25) is 0 Å². The SMILES string of the molecule is CCOc1ccc(NC(=O)Cn2cnc3ccccc3c2=O)cc1OCC. The fraction of sp³-hybridized carbons (Fsp3) is 0.250. The Kier molecular flexibility index (Phi) is 5.71. The standard InChI is InChI=1S/C20H21N3O4/c1-3-26-17-10-9-14(11-18(17)27-4-2)22-19(24)12-23-13-21-16-8-6-5-7-15(16)20(23)25/h5-11,13H,3-4,12H2,1-2H3,(H,22,24). The van der Waals surface area contributed by atoms with Crippen LogP contribution in [0.3, 0.4) is 0 Å². The average molecular weight is 367 g/mol. The number of nitrogens with one attached hydrogen (secondary N) is 1. The lowest BCUT2D eigenvalue weighted by Gasteiger charge is -2.13. The van der Waals surface area contributed by atoms with Gasteiger partial charge in [-0.15, -0.1) is 0 Å². The van der Waals surface area contributed by atoms with Crippen molar-refractivity contribution in [2.75, 3.05) is 18.5 Å². The molecule has 0 aliphatic carbocycles. The molecule has 0 atom stereocenters. The van der Waals surface area contributed by atoms with Crippen LogP contribution in [0.25, 0.3) is 10.9 Å². The summed E-state index contributed by atoms with van der Waals surface area (Å²) in [5, 5.41) is 3.25. The fourth-order valence-electron chi connectivity index (χ4n) is 2.70. The number of anilines is 1. The monoisotopic (exact) mass is 367 g/mol. The number of fused-ring (bicyclic) bond motifs is 1. The summed E-state index contributed by atoms with van der Waals surface area (Å²) in [5.41, 5.74) is 0.915. The Morgan fingerprint density at radius 3 is 2.59 bits per heavy atom. The van der Waals surface area contributed by atoms with E-state index in [1.165, 1.54) is 10.9 Å². The van der Waals surface area contributed by atoms with Gasteiger partial charge in [0.25, 0.3) is 5.56 Å². The van der Waals surface area contributed by atoms with Crippen LogP contribution in [-0.4, -0.2) is 28.7 Å².